The highest BCUT2D eigenvalue weighted by Crippen LogP contribution is 2.23. The summed E-state index contributed by atoms with van der Waals surface area (Å²) >= 11 is 0. The Balaban J connectivity index is 2.49. The number of nitrogens with one attached hydrogen (secondary N) is 1. The van der Waals surface area contributed by atoms with E-state index < -0.39 is 0 Å². The van der Waals surface area contributed by atoms with Crippen LogP contribution in [0, 0.1) is 13.8 Å². The number of hydrogen-bond donors (Lipinski definition) is 0. The van der Waals surface area contributed by atoms with Gasteiger partial charge in [0.05, 0.1) is 5.69 Å². The minimum atomic E-state index is 0.558. The normalized spacial score (nSPS) is 10.3. The highest BCUT2D eigenvalue weighted by atomic mass is 14.5. The number of hydrogen-bond acceptors (Lipinski definition) is 0. The largest absolute Gasteiger partial charge is 0.301 e. The fraction of sp³-hybridized carbons (Fsp3) is 0.143. The average molecular weight is 196 g/mol. The fourth-order valence-corrected chi connectivity index (χ4v) is 1.80. The Morgan fingerprint density at radius 3 is 1.80 bits per heavy atom. The molecule has 0 aliphatic heterocycles. The van der Waals surface area contributed by atoms with Crippen molar-refractivity contribution in [3.8, 4) is 11.1 Å². The highest BCUT2D eigenvalue weighted by Gasteiger charge is 1.99. The molecule has 0 aliphatic rings. The first-order chi connectivity index (χ1) is 7.15. The lowest BCUT2D eigenvalue weighted by molar-refractivity contribution is 1.38. The van der Waals surface area contributed by atoms with Gasteiger partial charge in [-0.25, -0.2) is 0 Å². The van der Waals surface area contributed by atoms with Crippen LogP contribution in [0.15, 0.2) is 42.5 Å². The van der Waals surface area contributed by atoms with Gasteiger partial charge in [0.25, 0.3) is 0 Å². The zero-order valence-electron chi connectivity index (χ0n) is 9.04. The van der Waals surface area contributed by atoms with Gasteiger partial charge in [-0.05, 0) is 37.1 Å². The number of aryl methyl sites for hydroxylation is 2. The van der Waals surface area contributed by atoms with Crippen molar-refractivity contribution < 1.29 is 0 Å². The third-order valence-corrected chi connectivity index (χ3v) is 2.44. The van der Waals surface area contributed by atoms with E-state index in [0.29, 0.717) is 5.69 Å². The van der Waals surface area contributed by atoms with E-state index in [1.807, 2.05) is 24.3 Å². The first kappa shape index (κ1) is 9.78. The SMILES string of the molecule is Cc1cc(C)cc(-c2ccc([NH])cc2)c1. The van der Waals surface area contributed by atoms with Crippen molar-refractivity contribution in [3.05, 3.63) is 53.6 Å². The van der Waals surface area contributed by atoms with E-state index in [2.05, 4.69) is 32.0 Å². The topological polar surface area (TPSA) is 23.8 Å². The summed E-state index contributed by atoms with van der Waals surface area (Å²) in [4.78, 5) is 0. The molecule has 0 aliphatic carbocycles. The van der Waals surface area contributed by atoms with Crippen molar-refractivity contribution in [2.24, 2.45) is 0 Å². The molecule has 0 bridgehead atoms. The van der Waals surface area contributed by atoms with Crippen LogP contribution in [0.1, 0.15) is 11.1 Å². The molecule has 0 atom stereocenters. The van der Waals surface area contributed by atoms with Gasteiger partial charge < -0.3 is 5.73 Å². The van der Waals surface area contributed by atoms with E-state index in [-0.39, 0.29) is 0 Å². The molecular weight excluding hydrogens is 182 g/mol. The molecule has 2 rings (SSSR count). The predicted octanol–water partition coefficient (Wildman–Crippen LogP) is 3.88. The first-order valence-corrected chi connectivity index (χ1v) is 5.05. The van der Waals surface area contributed by atoms with Crippen molar-refractivity contribution >= 4 is 5.69 Å². The Labute approximate surface area is 90.6 Å². The maximum Gasteiger partial charge on any atom is 0.0540 e. The van der Waals surface area contributed by atoms with Crippen LogP contribution in [0.5, 0.6) is 0 Å². The van der Waals surface area contributed by atoms with E-state index in [0.717, 1.165) is 0 Å². The summed E-state index contributed by atoms with van der Waals surface area (Å²) in [5.41, 5.74) is 13.0. The smallest absolute Gasteiger partial charge is 0.0540 e. The highest BCUT2D eigenvalue weighted by molar-refractivity contribution is 5.66. The summed E-state index contributed by atoms with van der Waals surface area (Å²) in [6.07, 6.45) is 0. The van der Waals surface area contributed by atoms with Crippen LogP contribution in [-0.4, -0.2) is 0 Å². The van der Waals surface area contributed by atoms with Crippen molar-refractivity contribution in [1.29, 1.82) is 0 Å². The molecule has 0 aromatic heterocycles. The maximum absolute atomic E-state index is 7.44. The van der Waals surface area contributed by atoms with Gasteiger partial charge in [-0.2, -0.15) is 0 Å². The maximum atomic E-state index is 7.44. The van der Waals surface area contributed by atoms with E-state index in [4.69, 9.17) is 5.73 Å². The summed E-state index contributed by atoms with van der Waals surface area (Å²) in [5.74, 6) is 0. The molecule has 15 heavy (non-hydrogen) atoms. The van der Waals surface area contributed by atoms with Crippen molar-refractivity contribution in [2.75, 3.05) is 0 Å². The number of rotatable bonds is 1. The lowest BCUT2D eigenvalue weighted by atomic mass is 10.0. The van der Waals surface area contributed by atoms with Gasteiger partial charge in [-0.1, -0.05) is 41.5 Å². The van der Waals surface area contributed by atoms with Crippen LogP contribution in [0.25, 0.3) is 11.1 Å². The molecule has 0 saturated heterocycles. The molecule has 1 heteroatoms. The molecule has 1 N–H and O–H groups in total. The second-order valence-electron chi connectivity index (χ2n) is 3.95. The van der Waals surface area contributed by atoms with Gasteiger partial charge in [-0.3, -0.25) is 0 Å². The van der Waals surface area contributed by atoms with Crippen molar-refractivity contribution in [2.45, 2.75) is 13.8 Å². The van der Waals surface area contributed by atoms with Gasteiger partial charge in [0.2, 0.25) is 0 Å². The number of benzene rings is 2. The molecule has 2 aromatic carbocycles. The summed E-state index contributed by atoms with van der Waals surface area (Å²) in [6, 6.07) is 14.2. The third kappa shape index (κ3) is 2.18. The van der Waals surface area contributed by atoms with E-state index >= 15 is 0 Å². The quantitative estimate of drug-likeness (QED) is 0.661. The molecule has 0 heterocycles. The Bertz CT molecular complexity index is 449. The van der Waals surface area contributed by atoms with Crippen LogP contribution < -0.4 is 5.73 Å². The Morgan fingerprint density at radius 2 is 1.27 bits per heavy atom. The van der Waals surface area contributed by atoms with Gasteiger partial charge in [0.1, 0.15) is 0 Å². The monoisotopic (exact) mass is 196 g/mol. The van der Waals surface area contributed by atoms with Crippen LogP contribution in [-0.2, 0) is 0 Å². The standard InChI is InChI=1S/C14H14N/c1-10-7-11(2)9-13(8-10)12-3-5-14(15)6-4-12/h3-9,15H,1-2H3. The second-order valence-corrected chi connectivity index (χ2v) is 3.95. The van der Waals surface area contributed by atoms with Crippen molar-refractivity contribution in [1.82, 2.24) is 5.73 Å². The zero-order chi connectivity index (χ0) is 10.8. The van der Waals surface area contributed by atoms with Crippen LogP contribution in [0.4, 0.5) is 5.69 Å². The van der Waals surface area contributed by atoms with Gasteiger partial charge in [-0.15, -0.1) is 0 Å². The van der Waals surface area contributed by atoms with Gasteiger partial charge in [0, 0.05) is 0 Å². The third-order valence-electron chi connectivity index (χ3n) is 2.44. The summed E-state index contributed by atoms with van der Waals surface area (Å²) in [7, 11) is 0. The summed E-state index contributed by atoms with van der Waals surface area (Å²) < 4.78 is 0. The first-order valence-electron chi connectivity index (χ1n) is 5.05. The molecule has 1 nitrogen and oxygen atoms in total. The minimum absolute atomic E-state index is 0.558. The molecule has 0 spiro atoms. The Morgan fingerprint density at radius 1 is 0.733 bits per heavy atom. The minimum Gasteiger partial charge on any atom is -0.301 e. The lowest BCUT2D eigenvalue weighted by Crippen LogP contribution is -1.82. The Hall–Kier alpha value is -1.76. The molecule has 0 fully saturated rings. The zero-order valence-corrected chi connectivity index (χ0v) is 9.04. The predicted molar refractivity (Wildman–Crippen MR) is 64.1 cm³/mol. The molecule has 0 saturated carbocycles. The van der Waals surface area contributed by atoms with Gasteiger partial charge in [0.15, 0.2) is 0 Å². The molecule has 75 valence electrons. The van der Waals surface area contributed by atoms with Crippen LogP contribution in [0.2, 0.25) is 0 Å². The average Bonchev–Trinajstić information content (AvgIpc) is 2.17. The molecule has 2 aromatic rings. The van der Waals surface area contributed by atoms with E-state index in [9.17, 15) is 0 Å². The molecule has 0 unspecified atom stereocenters. The molecule has 0 amide bonds. The second kappa shape index (κ2) is 3.77. The summed E-state index contributed by atoms with van der Waals surface area (Å²) in [6.45, 7) is 4.21. The van der Waals surface area contributed by atoms with Crippen LogP contribution >= 0.6 is 0 Å². The van der Waals surface area contributed by atoms with Gasteiger partial charge >= 0.3 is 0 Å². The molecule has 1 radical (unpaired) electrons. The van der Waals surface area contributed by atoms with Crippen LogP contribution in [0.3, 0.4) is 0 Å². The fourth-order valence-electron chi connectivity index (χ4n) is 1.80. The van der Waals surface area contributed by atoms with E-state index in [1.165, 1.54) is 22.3 Å². The lowest BCUT2D eigenvalue weighted by Gasteiger charge is -2.05. The van der Waals surface area contributed by atoms with Crippen molar-refractivity contribution in [3.63, 3.8) is 0 Å². The molecular formula is C14H14N. The van der Waals surface area contributed by atoms with E-state index in [1.54, 1.807) is 0 Å². The Kier molecular flexibility index (Phi) is 2.46. The summed E-state index contributed by atoms with van der Waals surface area (Å²) in [5, 5.41) is 0.